The largest absolute Gasteiger partial charge is 0.493 e. The molecule has 1 aliphatic heterocycles. The van der Waals surface area contributed by atoms with E-state index in [-0.39, 0.29) is 12.3 Å². The predicted molar refractivity (Wildman–Crippen MR) is 97.3 cm³/mol. The highest BCUT2D eigenvalue weighted by molar-refractivity contribution is 5.93. The number of nitrogens with one attached hydrogen (secondary N) is 2. The minimum absolute atomic E-state index is 0.103. The minimum atomic E-state index is -0.656. The number of carbonyl (C=O) groups is 1. The van der Waals surface area contributed by atoms with Gasteiger partial charge in [-0.1, -0.05) is 11.2 Å². The van der Waals surface area contributed by atoms with Crippen molar-refractivity contribution in [1.82, 2.24) is 20.4 Å². The van der Waals surface area contributed by atoms with Gasteiger partial charge in [-0.3, -0.25) is 4.79 Å². The topological polar surface area (TPSA) is 102 Å². The van der Waals surface area contributed by atoms with Crippen molar-refractivity contribution in [2.24, 2.45) is 0 Å². The molecule has 8 heteroatoms. The molecule has 0 atom stereocenters. The number of aromatic nitrogens is 3. The van der Waals surface area contributed by atoms with Crippen LogP contribution in [0.25, 0.3) is 10.9 Å². The number of hydrogen-bond donors (Lipinski definition) is 2. The smallest absolute Gasteiger partial charge is 0.225 e. The summed E-state index contributed by atoms with van der Waals surface area (Å²) in [6, 6.07) is 5.82. The summed E-state index contributed by atoms with van der Waals surface area (Å²) in [4.78, 5) is 20.3. The molecule has 0 bridgehead atoms. The average Bonchev–Trinajstić information content (AvgIpc) is 3.34. The molecule has 8 nitrogen and oxygen atoms in total. The molecule has 3 heterocycles. The number of rotatable bonds is 6. The number of carbonyl (C=O) groups excluding carboxylic acids is 1. The van der Waals surface area contributed by atoms with Gasteiger partial charge in [0.05, 0.1) is 13.0 Å². The van der Waals surface area contributed by atoms with E-state index in [1.54, 1.807) is 0 Å². The van der Waals surface area contributed by atoms with E-state index >= 15 is 0 Å². The third-order valence-corrected chi connectivity index (χ3v) is 4.91. The predicted octanol–water partition coefficient (Wildman–Crippen LogP) is 2.31. The minimum Gasteiger partial charge on any atom is -0.493 e. The Kier molecular flexibility index (Phi) is 4.81. The maximum Gasteiger partial charge on any atom is 0.225 e. The van der Waals surface area contributed by atoms with E-state index in [4.69, 9.17) is 14.0 Å². The van der Waals surface area contributed by atoms with Gasteiger partial charge in [-0.2, -0.15) is 4.98 Å². The van der Waals surface area contributed by atoms with Crippen LogP contribution in [-0.2, 0) is 21.5 Å². The molecular weight excluding hydrogens is 348 g/mol. The van der Waals surface area contributed by atoms with E-state index in [0.29, 0.717) is 38.5 Å². The summed E-state index contributed by atoms with van der Waals surface area (Å²) in [7, 11) is 0. The second kappa shape index (κ2) is 7.40. The second-order valence-corrected chi connectivity index (χ2v) is 6.60. The molecule has 2 aromatic heterocycles. The van der Waals surface area contributed by atoms with Gasteiger partial charge in [0.2, 0.25) is 12.3 Å². The highest BCUT2D eigenvalue weighted by Crippen LogP contribution is 2.32. The van der Waals surface area contributed by atoms with Crippen molar-refractivity contribution in [3.05, 3.63) is 42.2 Å². The number of H-pyrrole nitrogens is 1. The lowest BCUT2D eigenvalue weighted by Crippen LogP contribution is -2.50. The zero-order valence-electron chi connectivity index (χ0n) is 15.2. The van der Waals surface area contributed by atoms with Gasteiger partial charge in [-0.15, -0.1) is 0 Å². The Hall–Kier alpha value is -2.87. The quantitative estimate of drug-likeness (QED) is 0.690. The summed E-state index contributed by atoms with van der Waals surface area (Å²) in [6.07, 6.45) is 4.59. The van der Waals surface area contributed by atoms with Crippen molar-refractivity contribution >= 4 is 16.8 Å². The lowest BCUT2D eigenvalue weighted by atomic mass is 9.88. The van der Waals surface area contributed by atoms with Gasteiger partial charge in [0.25, 0.3) is 0 Å². The molecular formula is C19H22N4O4. The van der Waals surface area contributed by atoms with Crippen molar-refractivity contribution in [2.75, 3.05) is 19.8 Å². The number of nitrogens with zero attached hydrogens (tertiary/aromatic N) is 2. The molecule has 0 spiro atoms. The Morgan fingerprint density at radius 2 is 2.22 bits per heavy atom. The van der Waals surface area contributed by atoms with Crippen LogP contribution in [0.5, 0.6) is 5.75 Å². The molecule has 1 aliphatic rings. The van der Waals surface area contributed by atoms with Crippen LogP contribution in [0.3, 0.4) is 0 Å². The van der Waals surface area contributed by atoms with Gasteiger partial charge in [0, 0.05) is 43.2 Å². The first-order valence-electron chi connectivity index (χ1n) is 9.09. The fourth-order valence-electron chi connectivity index (χ4n) is 3.62. The normalized spacial score (nSPS) is 16.3. The lowest BCUT2D eigenvalue weighted by Gasteiger charge is -2.35. The molecule has 2 N–H and O–H groups in total. The summed E-state index contributed by atoms with van der Waals surface area (Å²) >= 11 is 0. The Balaban J connectivity index is 1.58. The van der Waals surface area contributed by atoms with Gasteiger partial charge in [0.15, 0.2) is 5.82 Å². The number of benzene rings is 1. The van der Waals surface area contributed by atoms with Crippen molar-refractivity contribution in [3.63, 3.8) is 0 Å². The van der Waals surface area contributed by atoms with Crippen LogP contribution in [0.4, 0.5) is 0 Å². The summed E-state index contributed by atoms with van der Waals surface area (Å²) in [5.41, 5.74) is 1.18. The van der Waals surface area contributed by atoms with E-state index in [1.165, 1.54) is 6.39 Å². The second-order valence-electron chi connectivity index (χ2n) is 6.60. The van der Waals surface area contributed by atoms with Crippen LogP contribution < -0.4 is 10.1 Å². The summed E-state index contributed by atoms with van der Waals surface area (Å²) in [5, 5.41) is 8.04. The standard InChI is InChI=1S/C19H22N4O4/c1-2-26-15-5-3-4-14-17(15)13(11-20-14)10-16(24)22-19(6-8-25-9-7-19)18-21-12-27-23-18/h3-5,11-12,20H,2,6-10H2,1H3,(H,22,24). The number of fused-ring (bicyclic) bond motifs is 1. The molecule has 1 saturated heterocycles. The molecule has 1 aromatic carbocycles. The fourth-order valence-corrected chi connectivity index (χ4v) is 3.62. The number of aromatic amines is 1. The zero-order valence-corrected chi connectivity index (χ0v) is 15.2. The average molecular weight is 370 g/mol. The molecule has 1 fully saturated rings. The molecule has 142 valence electrons. The lowest BCUT2D eigenvalue weighted by molar-refractivity contribution is -0.124. The molecule has 1 amide bonds. The van der Waals surface area contributed by atoms with Crippen LogP contribution in [0, 0.1) is 0 Å². The molecule has 0 radical (unpaired) electrons. The Bertz CT molecular complexity index is 913. The summed E-state index contributed by atoms with van der Waals surface area (Å²) in [6.45, 7) is 3.58. The van der Waals surface area contributed by atoms with E-state index in [9.17, 15) is 4.79 Å². The van der Waals surface area contributed by atoms with Gasteiger partial charge >= 0.3 is 0 Å². The number of ether oxygens (including phenoxy) is 2. The van der Waals surface area contributed by atoms with Crippen molar-refractivity contribution in [2.45, 2.75) is 31.7 Å². The molecule has 4 rings (SSSR count). The molecule has 27 heavy (non-hydrogen) atoms. The van der Waals surface area contributed by atoms with E-state index in [2.05, 4.69) is 20.4 Å². The Labute approximate surface area is 156 Å². The van der Waals surface area contributed by atoms with E-state index < -0.39 is 5.54 Å². The van der Waals surface area contributed by atoms with Gasteiger partial charge < -0.3 is 24.3 Å². The molecule has 0 aliphatic carbocycles. The Morgan fingerprint density at radius 1 is 1.37 bits per heavy atom. The molecule has 0 saturated carbocycles. The first kappa shape index (κ1) is 17.5. The van der Waals surface area contributed by atoms with E-state index in [1.807, 2.05) is 31.3 Å². The fraction of sp³-hybridized carbons (Fsp3) is 0.421. The molecule has 3 aromatic rings. The van der Waals surface area contributed by atoms with Crippen LogP contribution in [-0.4, -0.2) is 40.9 Å². The van der Waals surface area contributed by atoms with Crippen LogP contribution in [0.1, 0.15) is 31.2 Å². The van der Waals surface area contributed by atoms with Crippen molar-refractivity contribution in [1.29, 1.82) is 0 Å². The first-order valence-corrected chi connectivity index (χ1v) is 9.09. The number of amides is 1. The maximum absolute atomic E-state index is 12.9. The van der Waals surface area contributed by atoms with Gasteiger partial charge in [-0.25, -0.2) is 0 Å². The van der Waals surface area contributed by atoms with Gasteiger partial charge in [-0.05, 0) is 24.6 Å². The van der Waals surface area contributed by atoms with Crippen molar-refractivity contribution in [3.8, 4) is 5.75 Å². The summed E-state index contributed by atoms with van der Waals surface area (Å²) in [5.74, 6) is 1.17. The summed E-state index contributed by atoms with van der Waals surface area (Å²) < 4.78 is 16.1. The first-order chi connectivity index (χ1) is 13.2. The van der Waals surface area contributed by atoms with Crippen molar-refractivity contribution < 1.29 is 18.8 Å². The molecule has 0 unspecified atom stereocenters. The van der Waals surface area contributed by atoms with Crippen LogP contribution >= 0.6 is 0 Å². The Morgan fingerprint density at radius 3 is 2.96 bits per heavy atom. The maximum atomic E-state index is 12.9. The van der Waals surface area contributed by atoms with Crippen LogP contribution in [0.2, 0.25) is 0 Å². The highest BCUT2D eigenvalue weighted by Gasteiger charge is 2.39. The zero-order chi connectivity index (χ0) is 18.7. The monoisotopic (exact) mass is 370 g/mol. The SMILES string of the molecule is CCOc1cccc2[nH]cc(CC(=O)NC3(c4ncon4)CCOCC3)c12. The number of hydrogen-bond acceptors (Lipinski definition) is 6. The highest BCUT2D eigenvalue weighted by atomic mass is 16.5. The van der Waals surface area contributed by atoms with Gasteiger partial charge in [0.1, 0.15) is 11.3 Å². The van der Waals surface area contributed by atoms with E-state index in [0.717, 1.165) is 22.2 Å². The third-order valence-electron chi connectivity index (χ3n) is 4.91. The third kappa shape index (κ3) is 3.40. The van der Waals surface area contributed by atoms with Crippen LogP contribution in [0.15, 0.2) is 35.3 Å².